The van der Waals surface area contributed by atoms with E-state index < -0.39 is 29.7 Å². The molecule has 0 bridgehead atoms. The monoisotopic (exact) mass is 524 g/mol. The number of ether oxygens (including phenoxy) is 2. The average molecular weight is 524 g/mol. The standard InChI is InChI=1S/C29H20N2O8/c1-38-28(36)15-11-16(29(37)39-2)13-17(12-15)30-25(33)22-14-23(18-7-3-4-8-19(18)24(22)32)31-26(34)20-9-5-6-10-21(20)27(31)35/h3-14,32H,1-2H3,(H,30,33). The van der Waals surface area contributed by atoms with Gasteiger partial charge in [-0.3, -0.25) is 14.4 Å². The topological polar surface area (TPSA) is 139 Å². The number of phenols is 1. The van der Waals surface area contributed by atoms with Crippen molar-refractivity contribution in [2.45, 2.75) is 0 Å². The van der Waals surface area contributed by atoms with Crippen molar-refractivity contribution in [2.75, 3.05) is 24.4 Å². The Hall–Kier alpha value is -5.51. The Labute approximate surface area is 221 Å². The van der Waals surface area contributed by atoms with E-state index in [0.717, 1.165) is 4.90 Å². The zero-order chi connectivity index (χ0) is 27.8. The summed E-state index contributed by atoms with van der Waals surface area (Å²) in [6, 6.07) is 17.9. The van der Waals surface area contributed by atoms with Crippen LogP contribution >= 0.6 is 0 Å². The fourth-order valence-electron chi connectivity index (χ4n) is 4.48. The van der Waals surface area contributed by atoms with Gasteiger partial charge in [0.15, 0.2) is 0 Å². The molecular weight excluding hydrogens is 504 g/mol. The molecule has 1 aliphatic heterocycles. The number of carbonyl (C=O) groups is 5. The number of aromatic hydroxyl groups is 1. The van der Waals surface area contributed by atoms with E-state index >= 15 is 0 Å². The molecule has 0 atom stereocenters. The molecule has 0 radical (unpaired) electrons. The van der Waals surface area contributed by atoms with Crippen LogP contribution in [0.5, 0.6) is 5.75 Å². The Kier molecular flexibility index (Phi) is 6.29. The molecule has 0 unspecified atom stereocenters. The first kappa shape index (κ1) is 25.2. The number of phenolic OH excluding ortho intramolecular Hbond substituents is 1. The van der Waals surface area contributed by atoms with Crippen LogP contribution in [0.25, 0.3) is 10.8 Å². The van der Waals surface area contributed by atoms with Gasteiger partial charge in [0.25, 0.3) is 17.7 Å². The van der Waals surface area contributed by atoms with Gasteiger partial charge in [0, 0.05) is 16.5 Å². The number of rotatable bonds is 5. The molecule has 0 aromatic heterocycles. The molecular formula is C29H20N2O8. The fourth-order valence-corrected chi connectivity index (χ4v) is 4.48. The van der Waals surface area contributed by atoms with Crippen LogP contribution in [0.3, 0.4) is 0 Å². The van der Waals surface area contributed by atoms with Crippen LogP contribution < -0.4 is 10.2 Å². The Balaban J connectivity index is 1.61. The number of esters is 2. The van der Waals surface area contributed by atoms with Crippen molar-refractivity contribution < 1.29 is 38.6 Å². The summed E-state index contributed by atoms with van der Waals surface area (Å²) in [6.45, 7) is 0. The van der Waals surface area contributed by atoms with Crippen LogP contribution in [0.1, 0.15) is 51.8 Å². The second-order valence-corrected chi connectivity index (χ2v) is 8.57. The highest BCUT2D eigenvalue weighted by Crippen LogP contribution is 2.40. The van der Waals surface area contributed by atoms with E-state index in [2.05, 4.69) is 5.32 Å². The van der Waals surface area contributed by atoms with Gasteiger partial charge in [0.2, 0.25) is 0 Å². The maximum absolute atomic E-state index is 13.4. The molecule has 0 saturated heterocycles. The van der Waals surface area contributed by atoms with Gasteiger partial charge in [-0.1, -0.05) is 36.4 Å². The van der Waals surface area contributed by atoms with E-state index in [1.165, 1.54) is 38.5 Å². The number of methoxy groups -OCH3 is 2. The number of nitrogens with one attached hydrogen (secondary N) is 1. The molecule has 10 heteroatoms. The predicted octanol–water partition coefficient (Wildman–Crippen LogP) is 4.17. The molecule has 5 rings (SSSR count). The molecule has 0 spiro atoms. The van der Waals surface area contributed by atoms with Gasteiger partial charge in [-0.05, 0) is 36.4 Å². The van der Waals surface area contributed by atoms with Gasteiger partial charge in [0.1, 0.15) is 5.75 Å². The number of carbonyl (C=O) groups excluding carboxylic acids is 5. The first-order chi connectivity index (χ1) is 18.7. The number of hydrogen-bond acceptors (Lipinski definition) is 8. The van der Waals surface area contributed by atoms with Crippen LogP contribution in [-0.2, 0) is 9.47 Å². The second kappa shape index (κ2) is 9.75. The quantitative estimate of drug-likeness (QED) is 0.293. The van der Waals surface area contributed by atoms with Crippen molar-refractivity contribution in [1.29, 1.82) is 0 Å². The van der Waals surface area contributed by atoms with Gasteiger partial charge in [0.05, 0.1) is 47.7 Å². The van der Waals surface area contributed by atoms with Crippen LogP contribution in [0, 0.1) is 0 Å². The minimum absolute atomic E-state index is 0.0230. The number of anilines is 2. The third-order valence-electron chi connectivity index (χ3n) is 6.31. The van der Waals surface area contributed by atoms with E-state index in [1.807, 2.05) is 0 Å². The third kappa shape index (κ3) is 4.23. The Morgan fingerprint density at radius 3 is 1.79 bits per heavy atom. The SMILES string of the molecule is COC(=O)c1cc(NC(=O)c2cc(N3C(=O)c4ccccc4C3=O)c3ccccc3c2O)cc(C(=O)OC)c1. The Morgan fingerprint density at radius 1 is 0.744 bits per heavy atom. The van der Waals surface area contributed by atoms with Crippen molar-refractivity contribution in [1.82, 2.24) is 0 Å². The summed E-state index contributed by atoms with van der Waals surface area (Å²) < 4.78 is 9.45. The predicted molar refractivity (Wildman–Crippen MR) is 140 cm³/mol. The van der Waals surface area contributed by atoms with Crippen molar-refractivity contribution >= 4 is 51.8 Å². The highest BCUT2D eigenvalue weighted by atomic mass is 16.5. The minimum Gasteiger partial charge on any atom is -0.506 e. The first-order valence-electron chi connectivity index (χ1n) is 11.6. The number of fused-ring (bicyclic) bond motifs is 2. The molecule has 0 saturated carbocycles. The first-order valence-corrected chi connectivity index (χ1v) is 11.6. The van der Waals surface area contributed by atoms with E-state index in [-0.39, 0.29) is 50.3 Å². The van der Waals surface area contributed by atoms with Gasteiger partial charge in [-0.25, -0.2) is 14.5 Å². The molecule has 1 heterocycles. The molecule has 1 aliphatic rings. The zero-order valence-corrected chi connectivity index (χ0v) is 20.7. The lowest BCUT2D eigenvalue weighted by Gasteiger charge is -2.19. The summed E-state index contributed by atoms with van der Waals surface area (Å²) in [7, 11) is 2.33. The highest BCUT2D eigenvalue weighted by Gasteiger charge is 2.38. The second-order valence-electron chi connectivity index (χ2n) is 8.57. The number of nitrogens with zero attached hydrogens (tertiary/aromatic N) is 1. The summed E-state index contributed by atoms with van der Waals surface area (Å²) in [6.07, 6.45) is 0. The normalized spacial score (nSPS) is 12.3. The summed E-state index contributed by atoms with van der Waals surface area (Å²) >= 11 is 0. The molecule has 10 nitrogen and oxygen atoms in total. The average Bonchev–Trinajstić information content (AvgIpc) is 3.21. The van der Waals surface area contributed by atoms with Gasteiger partial charge in [-0.2, -0.15) is 0 Å². The molecule has 0 fully saturated rings. The number of benzene rings is 4. The van der Waals surface area contributed by atoms with Crippen molar-refractivity contribution in [3.63, 3.8) is 0 Å². The van der Waals surface area contributed by atoms with E-state index in [4.69, 9.17) is 9.47 Å². The summed E-state index contributed by atoms with van der Waals surface area (Å²) in [4.78, 5) is 65.1. The maximum Gasteiger partial charge on any atom is 0.337 e. The van der Waals surface area contributed by atoms with E-state index in [0.29, 0.717) is 5.39 Å². The maximum atomic E-state index is 13.4. The largest absolute Gasteiger partial charge is 0.506 e. The van der Waals surface area contributed by atoms with Crippen molar-refractivity contribution in [3.8, 4) is 5.75 Å². The van der Waals surface area contributed by atoms with Crippen LogP contribution in [0.2, 0.25) is 0 Å². The Morgan fingerprint density at radius 2 is 1.26 bits per heavy atom. The smallest absolute Gasteiger partial charge is 0.337 e. The number of imide groups is 1. The van der Waals surface area contributed by atoms with Crippen LogP contribution in [0.4, 0.5) is 11.4 Å². The number of amides is 3. The van der Waals surface area contributed by atoms with Gasteiger partial charge >= 0.3 is 11.9 Å². The Bertz CT molecular complexity index is 1660. The molecule has 194 valence electrons. The lowest BCUT2D eigenvalue weighted by Crippen LogP contribution is -2.30. The highest BCUT2D eigenvalue weighted by molar-refractivity contribution is 6.36. The number of hydrogen-bond donors (Lipinski definition) is 2. The minimum atomic E-state index is -0.825. The van der Waals surface area contributed by atoms with E-state index in [1.54, 1.807) is 48.5 Å². The summed E-state index contributed by atoms with van der Waals surface area (Å²) in [5.41, 5.74) is 0.302. The molecule has 4 aromatic rings. The molecule has 39 heavy (non-hydrogen) atoms. The van der Waals surface area contributed by atoms with Crippen molar-refractivity contribution in [3.05, 3.63) is 101 Å². The lowest BCUT2D eigenvalue weighted by molar-refractivity contribution is 0.0598. The van der Waals surface area contributed by atoms with Crippen LogP contribution in [0.15, 0.2) is 72.8 Å². The van der Waals surface area contributed by atoms with Gasteiger partial charge < -0.3 is 19.9 Å². The van der Waals surface area contributed by atoms with Crippen molar-refractivity contribution in [2.24, 2.45) is 0 Å². The molecule has 2 N–H and O–H groups in total. The lowest BCUT2D eigenvalue weighted by atomic mass is 10.0. The van der Waals surface area contributed by atoms with E-state index in [9.17, 15) is 29.1 Å². The zero-order valence-electron chi connectivity index (χ0n) is 20.7. The van der Waals surface area contributed by atoms with Gasteiger partial charge in [-0.15, -0.1) is 0 Å². The van der Waals surface area contributed by atoms with Crippen LogP contribution in [-0.4, -0.2) is 49.0 Å². The third-order valence-corrected chi connectivity index (χ3v) is 6.31. The summed E-state index contributed by atoms with van der Waals surface area (Å²) in [5.74, 6) is -3.84. The summed E-state index contributed by atoms with van der Waals surface area (Å²) in [5, 5.41) is 14.2. The molecule has 3 amide bonds. The molecule has 0 aliphatic carbocycles. The fraction of sp³-hybridized carbons (Fsp3) is 0.0690. The molecule has 4 aromatic carbocycles.